The number of halogens is 2. The van der Waals surface area contributed by atoms with Crippen molar-refractivity contribution in [3.05, 3.63) is 28.2 Å². The molecule has 120 valence electrons. The van der Waals surface area contributed by atoms with Crippen LogP contribution in [0.5, 0.6) is 0 Å². The Bertz CT molecular complexity index is 557. The van der Waals surface area contributed by atoms with Crippen LogP contribution >= 0.6 is 23.2 Å². The second-order valence-corrected chi connectivity index (χ2v) is 6.52. The van der Waals surface area contributed by atoms with Crippen LogP contribution in [0, 0.1) is 5.92 Å². The summed E-state index contributed by atoms with van der Waals surface area (Å²) in [7, 11) is 1.79. The van der Waals surface area contributed by atoms with Gasteiger partial charge in [0.2, 0.25) is 11.8 Å². The molecule has 0 radical (unpaired) electrons. The molecule has 0 N–H and O–H groups in total. The average molecular weight is 343 g/mol. The molecule has 1 atom stereocenters. The first kappa shape index (κ1) is 17.1. The van der Waals surface area contributed by atoms with Crippen molar-refractivity contribution >= 4 is 40.7 Å². The van der Waals surface area contributed by atoms with Crippen LogP contribution in [0.15, 0.2) is 18.2 Å². The maximum Gasteiger partial charge on any atom is 0.227 e. The second kappa shape index (κ2) is 7.34. The quantitative estimate of drug-likeness (QED) is 0.820. The van der Waals surface area contributed by atoms with Crippen LogP contribution in [-0.2, 0) is 9.59 Å². The minimum Gasteiger partial charge on any atom is -0.345 e. The molecule has 1 aromatic carbocycles. The van der Waals surface area contributed by atoms with Gasteiger partial charge >= 0.3 is 0 Å². The van der Waals surface area contributed by atoms with Gasteiger partial charge in [-0.1, -0.05) is 36.5 Å². The van der Waals surface area contributed by atoms with Crippen LogP contribution in [0.25, 0.3) is 0 Å². The van der Waals surface area contributed by atoms with E-state index < -0.39 is 0 Å². The van der Waals surface area contributed by atoms with E-state index >= 15 is 0 Å². The highest BCUT2D eigenvalue weighted by Gasteiger charge is 2.36. The van der Waals surface area contributed by atoms with Crippen molar-refractivity contribution in [1.82, 2.24) is 4.90 Å². The summed E-state index contributed by atoms with van der Waals surface area (Å²) in [6.45, 7) is 3.19. The Kier molecular flexibility index (Phi) is 5.70. The lowest BCUT2D eigenvalue weighted by Gasteiger charge is -2.21. The Morgan fingerprint density at radius 1 is 1.32 bits per heavy atom. The number of carbonyl (C=O) groups excluding carboxylic acids is 2. The first-order chi connectivity index (χ1) is 10.4. The molecular formula is C16H20Cl2N2O2. The summed E-state index contributed by atoms with van der Waals surface area (Å²) in [5.74, 6) is -0.342. The zero-order valence-corrected chi connectivity index (χ0v) is 14.3. The number of benzene rings is 1. The standard InChI is InChI=1S/C16H20Cl2N2O2/c1-3-4-5-19(2)16(22)11-6-15(21)20(10-11)14-8-12(17)7-13(18)9-14/h7-9,11H,3-6,10H2,1-2H3. The summed E-state index contributed by atoms with van der Waals surface area (Å²) in [5, 5.41) is 0.954. The van der Waals surface area contributed by atoms with Gasteiger partial charge in [-0.2, -0.15) is 0 Å². The second-order valence-electron chi connectivity index (χ2n) is 5.65. The van der Waals surface area contributed by atoms with Crippen LogP contribution in [0.3, 0.4) is 0 Å². The first-order valence-corrected chi connectivity index (χ1v) is 8.19. The maximum atomic E-state index is 12.4. The third kappa shape index (κ3) is 3.93. The molecule has 0 bridgehead atoms. The number of unbranched alkanes of at least 4 members (excludes halogenated alkanes) is 1. The van der Waals surface area contributed by atoms with Gasteiger partial charge in [-0.05, 0) is 24.6 Å². The Labute approximate surface area is 141 Å². The van der Waals surface area contributed by atoms with Crippen LogP contribution in [0.2, 0.25) is 10.0 Å². The zero-order chi connectivity index (χ0) is 16.3. The van der Waals surface area contributed by atoms with Gasteiger partial charge in [-0.25, -0.2) is 0 Å². The van der Waals surface area contributed by atoms with E-state index in [9.17, 15) is 9.59 Å². The maximum absolute atomic E-state index is 12.4. The molecule has 2 amide bonds. The van der Waals surface area contributed by atoms with Gasteiger partial charge in [-0.3, -0.25) is 9.59 Å². The fraction of sp³-hybridized carbons (Fsp3) is 0.500. The normalized spacial score (nSPS) is 17.9. The molecule has 1 fully saturated rings. The van der Waals surface area contributed by atoms with Gasteiger partial charge in [0.25, 0.3) is 0 Å². The molecule has 2 rings (SSSR count). The molecule has 1 aliphatic heterocycles. The summed E-state index contributed by atoms with van der Waals surface area (Å²) < 4.78 is 0. The van der Waals surface area contributed by atoms with Crippen molar-refractivity contribution in [3.63, 3.8) is 0 Å². The van der Waals surface area contributed by atoms with Gasteiger partial charge in [0.15, 0.2) is 0 Å². The molecule has 4 nitrogen and oxygen atoms in total. The van der Waals surface area contributed by atoms with Crippen LogP contribution in [0.1, 0.15) is 26.2 Å². The van der Waals surface area contributed by atoms with E-state index in [4.69, 9.17) is 23.2 Å². The number of hydrogen-bond acceptors (Lipinski definition) is 2. The Morgan fingerprint density at radius 3 is 2.55 bits per heavy atom. The van der Waals surface area contributed by atoms with Gasteiger partial charge < -0.3 is 9.80 Å². The lowest BCUT2D eigenvalue weighted by atomic mass is 10.1. The molecule has 6 heteroatoms. The topological polar surface area (TPSA) is 40.6 Å². The molecule has 1 aromatic rings. The molecule has 0 spiro atoms. The molecule has 1 heterocycles. The number of amides is 2. The van der Waals surface area contributed by atoms with Gasteiger partial charge in [0.05, 0.1) is 5.92 Å². The van der Waals surface area contributed by atoms with E-state index in [1.54, 1.807) is 35.0 Å². The monoisotopic (exact) mass is 342 g/mol. The Morgan fingerprint density at radius 2 is 1.95 bits per heavy atom. The number of nitrogens with zero attached hydrogens (tertiary/aromatic N) is 2. The van der Waals surface area contributed by atoms with Gasteiger partial charge in [0, 0.05) is 42.3 Å². The summed E-state index contributed by atoms with van der Waals surface area (Å²) in [6.07, 6.45) is 2.24. The van der Waals surface area contributed by atoms with Crippen molar-refractivity contribution in [3.8, 4) is 0 Å². The summed E-state index contributed by atoms with van der Waals surface area (Å²) in [4.78, 5) is 27.9. The summed E-state index contributed by atoms with van der Waals surface area (Å²) >= 11 is 12.0. The van der Waals surface area contributed by atoms with Crippen molar-refractivity contribution in [2.75, 3.05) is 25.0 Å². The van der Waals surface area contributed by atoms with Crippen LogP contribution in [-0.4, -0.2) is 36.9 Å². The molecule has 0 aliphatic carbocycles. The fourth-order valence-electron chi connectivity index (χ4n) is 2.63. The molecular weight excluding hydrogens is 323 g/mol. The Hall–Kier alpha value is -1.26. The summed E-state index contributed by atoms with van der Waals surface area (Å²) in [6, 6.07) is 5.01. The van der Waals surface area contributed by atoms with E-state index in [0.29, 0.717) is 22.3 Å². The molecule has 0 aromatic heterocycles. The highest BCUT2D eigenvalue weighted by atomic mass is 35.5. The predicted molar refractivity (Wildman–Crippen MR) is 89.5 cm³/mol. The minimum absolute atomic E-state index is 0.0254. The molecule has 1 aliphatic rings. The van der Waals surface area contributed by atoms with E-state index in [1.807, 2.05) is 0 Å². The fourth-order valence-corrected chi connectivity index (χ4v) is 3.15. The van der Waals surface area contributed by atoms with Crippen molar-refractivity contribution in [2.24, 2.45) is 5.92 Å². The van der Waals surface area contributed by atoms with E-state index in [2.05, 4.69) is 6.92 Å². The van der Waals surface area contributed by atoms with Crippen molar-refractivity contribution < 1.29 is 9.59 Å². The zero-order valence-electron chi connectivity index (χ0n) is 12.8. The number of anilines is 1. The van der Waals surface area contributed by atoms with Gasteiger partial charge in [-0.15, -0.1) is 0 Å². The van der Waals surface area contributed by atoms with Crippen molar-refractivity contribution in [2.45, 2.75) is 26.2 Å². The molecule has 1 unspecified atom stereocenters. The molecule has 1 saturated heterocycles. The SMILES string of the molecule is CCCCN(C)C(=O)C1CC(=O)N(c2cc(Cl)cc(Cl)c2)C1. The van der Waals surface area contributed by atoms with E-state index in [0.717, 1.165) is 19.4 Å². The van der Waals surface area contributed by atoms with Gasteiger partial charge in [0.1, 0.15) is 0 Å². The highest BCUT2D eigenvalue weighted by Crippen LogP contribution is 2.30. The smallest absolute Gasteiger partial charge is 0.227 e. The number of hydrogen-bond donors (Lipinski definition) is 0. The summed E-state index contributed by atoms with van der Waals surface area (Å²) in [5.41, 5.74) is 0.647. The lowest BCUT2D eigenvalue weighted by Crippen LogP contribution is -2.35. The van der Waals surface area contributed by atoms with E-state index in [1.165, 1.54) is 0 Å². The third-order valence-corrected chi connectivity index (χ3v) is 4.29. The Balaban J connectivity index is 2.08. The average Bonchev–Trinajstić information content (AvgIpc) is 2.84. The number of rotatable bonds is 5. The lowest BCUT2D eigenvalue weighted by molar-refractivity contribution is -0.134. The first-order valence-electron chi connectivity index (χ1n) is 7.43. The van der Waals surface area contributed by atoms with Crippen LogP contribution in [0.4, 0.5) is 5.69 Å². The molecule has 0 saturated carbocycles. The van der Waals surface area contributed by atoms with Crippen molar-refractivity contribution in [1.29, 1.82) is 0 Å². The minimum atomic E-state index is -0.299. The van der Waals surface area contributed by atoms with Crippen LogP contribution < -0.4 is 4.90 Å². The van der Waals surface area contributed by atoms with E-state index in [-0.39, 0.29) is 24.2 Å². The highest BCUT2D eigenvalue weighted by molar-refractivity contribution is 6.35. The third-order valence-electron chi connectivity index (χ3n) is 3.86. The predicted octanol–water partition coefficient (Wildman–Crippen LogP) is 3.60. The molecule has 22 heavy (non-hydrogen) atoms. The number of carbonyl (C=O) groups is 2. The largest absolute Gasteiger partial charge is 0.345 e.